The molecular formula is C11H21ClN2O4. The Labute approximate surface area is 113 Å². The standard InChI is InChI=1S/C11H20N2O4.ClH/c1-10(2,3)17-9(16)13-6-5-12-7-11(13,4)8(14)15;/h12H,5-7H2,1-4H3,(H,14,15);1H. The molecule has 1 unspecified atom stereocenters. The van der Waals surface area contributed by atoms with Crippen LogP contribution in [0.2, 0.25) is 0 Å². The van der Waals surface area contributed by atoms with Gasteiger partial charge in [0.1, 0.15) is 5.60 Å². The molecule has 0 saturated carbocycles. The molecule has 18 heavy (non-hydrogen) atoms. The summed E-state index contributed by atoms with van der Waals surface area (Å²) in [5.74, 6) is -1.03. The van der Waals surface area contributed by atoms with Gasteiger partial charge in [-0.3, -0.25) is 4.90 Å². The summed E-state index contributed by atoms with van der Waals surface area (Å²) in [6.07, 6.45) is -0.580. The number of ether oxygens (including phenoxy) is 1. The number of piperazine rings is 1. The molecule has 1 atom stereocenters. The molecule has 0 bridgehead atoms. The number of carbonyl (C=O) groups excluding carboxylic acids is 1. The van der Waals surface area contributed by atoms with Crippen molar-refractivity contribution in [1.29, 1.82) is 0 Å². The number of hydrogen-bond acceptors (Lipinski definition) is 4. The number of nitrogens with zero attached hydrogens (tertiary/aromatic N) is 1. The van der Waals surface area contributed by atoms with Crippen molar-refractivity contribution in [3.05, 3.63) is 0 Å². The largest absolute Gasteiger partial charge is 0.479 e. The van der Waals surface area contributed by atoms with Gasteiger partial charge < -0.3 is 15.2 Å². The Morgan fingerprint density at radius 2 is 1.94 bits per heavy atom. The Morgan fingerprint density at radius 3 is 2.39 bits per heavy atom. The van der Waals surface area contributed by atoms with Crippen LogP contribution in [0.15, 0.2) is 0 Å². The Balaban J connectivity index is 0.00000289. The van der Waals surface area contributed by atoms with E-state index in [2.05, 4.69) is 5.32 Å². The molecule has 1 saturated heterocycles. The zero-order valence-corrected chi connectivity index (χ0v) is 12.0. The van der Waals surface area contributed by atoms with Crippen molar-refractivity contribution in [2.24, 2.45) is 0 Å². The smallest absolute Gasteiger partial charge is 0.411 e. The van der Waals surface area contributed by atoms with Crippen molar-refractivity contribution in [3.8, 4) is 0 Å². The number of aliphatic carboxylic acids is 1. The van der Waals surface area contributed by atoms with Crippen molar-refractivity contribution < 1.29 is 19.4 Å². The van der Waals surface area contributed by atoms with E-state index in [1.807, 2.05) is 0 Å². The van der Waals surface area contributed by atoms with Crippen LogP contribution in [0.25, 0.3) is 0 Å². The molecule has 1 rings (SSSR count). The maximum absolute atomic E-state index is 11.9. The third kappa shape index (κ3) is 3.74. The number of carboxylic acid groups (broad SMARTS) is 1. The lowest BCUT2D eigenvalue weighted by atomic mass is 9.98. The predicted octanol–water partition coefficient (Wildman–Crippen LogP) is 1.09. The number of carboxylic acids is 1. The maximum atomic E-state index is 11.9. The molecule has 106 valence electrons. The Hall–Kier alpha value is -1.01. The molecule has 1 aliphatic heterocycles. The lowest BCUT2D eigenvalue weighted by molar-refractivity contribution is -0.151. The first-order valence-electron chi connectivity index (χ1n) is 5.61. The van der Waals surface area contributed by atoms with Gasteiger partial charge in [-0.2, -0.15) is 0 Å². The van der Waals surface area contributed by atoms with Gasteiger partial charge in [0.25, 0.3) is 0 Å². The first kappa shape index (κ1) is 17.0. The summed E-state index contributed by atoms with van der Waals surface area (Å²) < 4.78 is 5.22. The normalized spacial score (nSPS) is 24.1. The number of rotatable bonds is 1. The van der Waals surface area contributed by atoms with Crippen LogP contribution >= 0.6 is 12.4 Å². The highest BCUT2D eigenvalue weighted by Crippen LogP contribution is 2.21. The molecule has 1 heterocycles. The van der Waals surface area contributed by atoms with Crippen LogP contribution in [0, 0.1) is 0 Å². The van der Waals surface area contributed by atoms with E-state index in [0.29, 0.717) is 13.1 Å². The molecule has 0 aromatic heterocycles. The second kappa shape index (κ2) is 5.75. The Morgan fingerprint density at radius 1 is 1.39 bits per heavy atom. The lowest BCUT2D eigenvalue weighted by Crippen LogP contribution is -2.65. The molecule has 0 aliphatic carbocycles. The van der Waals surface area contributed by atoms with Gasteiger partial charge in [-0.1, -0.05) is 0 Å². The van der Waals surface area contributed by atoms with Crippen LogP contribution in [-0.2, 0) is 9.53 Å². The predicted molar refractivity (Wildman–Crippen MR) is 69.1 cm³/mol. The highest BCUT2D eigenvalue weighted by Gasteiger charge is 2.45. The minimum atomic E-state index is -1.25. The molecule has 7 heteroatoms. The Bertz CT molecular complexity index is 329. The summed E-state index contributed by atoms with van der Waals surface area (Å²) in [6, 6.07) is 0. The van der Waals surface area contributed by atoms with Gasteiger partial charge in [0.15, 0.2) is 5.54 Å². The molecule has 0 spiro atoms. The molecule has 6 nitrogen and oxygen atoms in total. The average molecular weight is 281 g/mol. The molecule has 1 aliphatic rings. The van der Waals surface area contributed by atoms with E-state index in [-0.39, 0.29) is 19.0 Å². The monoisotopic (exact) mass is 280 g/mol. The number of nitrogens with one attached hydrogen (secondary N) is 1. The van der Waals surface area contributed by atoms with Crippen molar-refractivity contribution in [1.82, 2.24) is 10.2 Å². The second-order valence-corrected chi connectivity index (χ2v) is 5.39. The van der Waals surface area contributed by atoms with E-state index in [0.717, 1.165) is 0 Å². The fourth-order valence-electron chi connectivity index (χ4n) is 1.67. The van der Waals surface area contributed by atoms with E-state index in [1.165, 1.54) is 11.8 Å². The van der Waals surface area contributed by atoms with Crippen molar-refractivity contribution in [2.75, 3.05) is 19.6 Å². The summed E-state index contributed by atoms with van der Waals surface area (Å²) >= 11 is 0. The second-order valence-electron chi connectivity index (χ2n) is 5.39. The van der Waals surface area contributed by atoms with Crippen LogP contribution in [-0.4, -0.2) is 52.8 Å². The highest BCUT2D eigenvalue weighted by molar-refractivity contribution is 5.85. The number of halogens is 1. The molecule has 0 aromatic rings. The first-order chi connectivity index (χ1) is 7.67. The van der Waals surface area contributed by atoms with E-state index in [1.54, 1.807) is 20.8 Å². The van der Waals surface area contributed by atoms with Gasteiger partial charge >= 0.3 is 12.1 Å². The van der Waals surface area contributed by atoms with Crippen molar-refractivity contribution in [3.63, 3.8) is 0 Å². The average Bonchev–Trinajstić information content (AvgIpc) is 2.15. The van der Waals surface area contributed by atoms with Crippen molar-refractivity contribution >= 4 is 24.5 Å². The van der Waals surface area contributed by atoms with Crippen molar-refractivity contribution in [2.45, 2.75) is 38.8 Å². The van der Waals surface area contributed by atoms with Gasteiger partial charge in [0, 0.05) is 19.6 Å². The summed E-state index contributed by atoms with van der Waals surface area (Å²) in [7, 11) is 0. The number of amides is 1. The van der Waals surface area contributed by atoms with E-state index in [4.69, 9.17) is 4.74 Å². The first-order valence-corrected chi connectivity index (χ1v) is 5.61. The van der Waals surface area contributed by atoms with Gasteiger partial charge in [-0.15, -0.1) is 12.4 Å². The molecular weight excluding hydrogens is 260 g/mol. The molecule has 1 fully saturated rings. The lowest BCUT2D eigenvalue weighted by Gasteiger charge is -2.42. The van der Waals surface area contributed by atoms with Gasteiger partial charge in [0.2, 0.25) is 0 Å². The number of hydrogen-bond donors (Lipinski definition) is 2. The van der Waals surface area contributed by atoms with Gasteiger partial charge in [-0.05, 0) is 27.7 Å². The van der Waals surface area contributed by atoms with Crippen LogP contribution < -0.4 is 5.32 Å². The third-order valence-corrected chi connectivity index (χ3v) is 2.65. The van der Waals surface area contributed by atoms with Crippen LogP contribution in [0.5, 0.6) is 0 Å². The van der Waals surface area contributed by atoms with E-state index in [9.17, 15) is 14.7 Å². The maximum Gasteiger partial charge on any atom is 0.411 e. The topological polar surface area (TPSA) is 78.9 Å². The minimum Gasteiger partial charge on any atom is -0.479 e. The fraction of sp³-hybridized carbons (Fsp3) is 0.818. The van der Waals surface area contributed by atoms with Crippen LogP contribution in [0.1, 0.15) is 27.7 Å². The summed E-state index contributed by atoms with van der Waals surface area (Å²) in [5, 5.41) is 12.2. The number of carbonyl (C=O) groups is 2. The van der Waals surface area contributed by atoms with E-state index >= 15 is 0 Å². The molecule has 1 amide bonds. The zero-order chi connectivity index (χ0) is 13.3. The molecule has 0 radical (unpaired) electrons. The van der Waals surface area contributed by atoms with Crippen LogP contribution in [0.4, 0.5) is 4.79 Å². The Kier molecular flexibility index (Phi) is 5.43. The quantitative estimate of drug-likeness (QED) is 0.752. The highest BCUT2D eigenvalue weighted by atomic mass is 35.5. The van der Waals surface area contributed by atoms with Gasteiger partial charge in [0.05, 0.1) is 0 Å². The van der Waals surface area contributed by atoms with E-state index < -0.39 is 23.2 Å². The molecule has 0 aromatic carbocycles. The minimum absolute atomic E-state index is 0. The summed E-state index contributed by atoms with van der Waals surface area (Å²) in [4.78, 5) is 24.5. The third-order valence-electron chi connectivity index (χ3n) is 2.65. The zero-order valence-electron chi connectivity index (χ0n) is 11.1. The molecule has 2 N–H and O–H groups in total. The fourth-order valence-corrected chi connectivity index (χ4v) is 1.67. The SMILES string of the molecule is CC(C)(C)OC(=O)N1CCNCC1(C)C(=O)O.Cl. The summed E-state index contributed by atoms with van der Waals surface area (Å²) in [6.45, 7) is 7.91. The summed E-state index contributed by atoms with van der Waals surface area (Å²) in [5.41, 5.74) is -1.87. The van der Waals surface area contributed by atoms with Crippen LogP contribution in [0.3, 0.4) is 0 Å². The van der Waals surface area contributed by atoms with Gasteiger partial charge in [-0.25, -0.2) is 9.59 Å².